The first-order valence-corrected chi connectivity index (χ1v) is 8.89. The van der Waals surface area contributed by atoms with Crippen molar-refractivity contribution >= 4 is 12.0 Å². The molecule has 128 valence electrons. The second-order valence-electron chi connectivity index (χ2n) is 6.49. The SMILES string of the molecule is N#CNC1=NC(c2ccccc2)C2=C(N1)C(=Cc1ccccc1)CCC2. The van der Waals surface area contributed by atoms with Crippen LogP contribution in [0.4, 0.5) is 0 Å². The van der Waals surface area contributed by atoms with Gasteiger partial charge in [0, 0.05) is 5.70 Å². The van der Waals surface area contributed by atoms with Gasteiger partial charge in [0.05, 0.1) is 0 Å². The lowest BCUT2D eigenvalue weighted by molar-refractivity contribution is 0.651. The first-order chi connectivity index (χ1) is 12.8. The maximum Gasteiger partial charge on any atom is 0.210 e. The van der Waals surface area contributed by atoms with Gasteiger partial charge in [-0.15, -0.1) is 0 Å². The van der Waals surface area contributed by atoms with Crippen molar-refractivity contribution in [3.05, 3.63) is 88.6 Å². The average Bonchev–Trinajstić information content (AvgIpc) is 2.70. The maximum absolute atomic E-state index is 9.06. The lowest BCUT2D eigenvalue weighted by Gasteiger charge is -2.32. The third-order valence-electron chi connectivity index (χ3n) is 4.80. The first-order valence-electron chi connectivity index (χ1n) is 8.89. The van der Waals surface area contributed by atoms with Crippen molar-refractivity contribution in [3.63, 3.8) is 0 Å². The van der Waals surface area contributed by atoms with Gasteiger partial charge in [-0.05, 0) is 47.6 Å². The topological polar surface area (TPSA) is 60.2 Å². The van der Waals surface area contributed by atoms with Crippen LogP contribution < -0.4 is 10.6 Å². The fraction of sp³-hybridized carbons (Fsp3) is 0.182. The summed E-state index contributed by atoms with van der Waals surface area (Å²) in [6.45, 7) is 0. The predicted octanol–water partition coefficient (Wildman–Crippen LogP) is 4.28. The fourth-order valence-corrected chi connectivity index (χ4v) is 3.64. The molecule has 0 saturated carbocycles. The quantitative estimate of drug-likeness (QED) is 0.634. The molecule has 0 radical (unpaired) electrons. The zero-order valence-corrected chi connectivity index (χ0v) is 14.4. The minimum atomic E-state index is -0.0530. The molecule has 1 unspecified atom stereocenters. The monoisotopic (exact) mass is 340 g/mol. The zero-order chi connectivity index (χ0) is 17.8. The zero-order valence-electron chi connectivity index (χ0n) is 14.4. The molecule has 0 fully saturated rings. The summed E-state index contributed by atoms with van der Waals surface area (Å²) >= 11 is 0. The molecule has 4 nitrogen and oxygen atoms in total. The summed E-state index contributed by atoms with van der Waals surface area (Å²) in [5.41, 5.74) is 6.02. The van der Waals surface area contributed by atoms with E-state index in [4.69, 9.17) is 10.3 Å². The summed E-state index contributed by atoms with van der Waals surface area (Å²) in [6, 6.07) is 20.6. The predicted molar refractivity (Wildman–Crippen MR) is 104 cm³/mol. The summed E-state index contributed by atoms with van der Waals surface area (Å²) in [5.74, 6) is 0.515. The number of rotatable bonds is 2. The van der Waals surface area contributed by atoms with E-state index in [2.05, 4.69) is 53.1 Å². The maximum atomic E-state index is 9.06. The van der Waals surface area contributed by atoms with Gasteiger partial charge in [-0.3, -0.25) is 5.32 Å². The number of hydrogen-bond donors (Lipinski definition) is 2. The van der Waals surface area contributed by atoms with Crippen LogP contribution in [0.3, 0.4) is 0 Å². The molecular formula is C22H20N4. The second-order valence-corrected chi connectivity index (χ2v) is 6.49. The Bertz CT molecular complexity index is 918. The first kappa shape index (κ1) is 16.2. The Morgan fingerprint density at radius 3 is 2.50 bits per heavy atom. The number of benzene rings is 2. The van der Waals surface area contributed by atoms with Crippen molar-refractivity contribution in [2.75, 3.05) is 0 Å². The van der Waals surface area contributed by atoms with E-state index in [1.807, 2.05) is 30.5 Å². The average molecular weight is 340 g/mol. The molecule has 2 N–H and O–H groups in total. The van der Waals surface area contributed by atoms with Crippen LogP contribution in [-0.2, 0) is 0 Å². The highest BCUT2D eigenvalue weighted by Crippen LogP contribution is 2.40. The minimum Gasteiger partial charge on any atom is -0.325 e. The standard InChI is InChI=1S/C22H20N4/c23-15-24-22-25-20(17-10-5-2-6-11-17)19-13-7-12-18(21(19)26-22)14-16-8-3-1-4-9-16/h1-6,8-11,14,20H,7,12-13H2,(H2,24,25,26). The number of allylic oxidation sites excluding steroid dienone is 1. The molecule has 26 heavy (non-hydrogen) atoms. The van der Waals surface area contributed by atoms with Gasteiger partial charge >= 0.3 is 0 Å². The molecule has 0 spiro atoms. The Kier molecular flexibility index (Phi) is 4.53. The molecule has 0 aromatic heterocycles. The molecule has 2 aromatic rings. The highest BCUT2D eigenvalue weighted by atomic mass is 15.2. The van der Waals surface area contributed by atoms with Crippen molar-refractivity contribution in [1.82, 2.24) is 10.6 Å². The van der Waals surface area contributed by atoms with E-state index < -0.39 is 0 Å². The van der Waals surface area contributed by atoms with Crippen LogP contribution in [0.1, 0.15) is 36.4 Å². The third kappa shape index (κ3) is 3.25. The normalized spacial score (nSPS) is 20.7. The van der Waals surface area contributed by atoms with Gasteiger partial charge in [-0.1, -0.05) is 60.7 Å². The largest absolute Gasteiger partial charge is 0.325 e. The van der Waals surface area contributed by atoms with E-state index in [1.165, 1.54) is 16.7 Å². The van der Waals surface area contributed by atoms with Gasteiger partial charge < -0.3 is 5.32 Å². The number of hydrogen-bond acceptors (Lipinski definition) is 4. The summed E-state index contributed by atoms with van der Waals surface area (Å²) in [7, 11) is 0. The number of nitriles is 1. The Morgan fingerprint density at radius 2 is 1.77 bits per heavy atom. The Morgan fingerprint density at radius 1 is 1.04 bits per heavy atom. The third-order valence-corrected chi connectivity index (χ3v) is 4.80. The van der Waals surface area contributed by atoms with E-state index in [-0.39, 0.29) is 6.04 Å². The number of nitrogens with one attached hydrogen (secondary N) is 2. The molecule has 1 atom stereocenters. The lowest BCUT2D eigenvalue weighted by Crippen LogP contribution is -2.39. The van der Waals surface area contributed by atoms with Gasteiger partial charge in [-0.25, -0.2) is 4.99 Å². The molecule has 1 aliphatic heterocycles. The fourth-order valence-electron chi connectivity index (χ4n) is 3.64. The Labute approximate surface area is 153 Å². The van der Waals surface area contributed by atoms with Crippen molar-refractivity contribution in [3.8, 4) is 6.19 Å². The molecule has 4 rings (SSSR count). The van der Waals surface area contributed by atoms with Crippen LogP contribution in [0, 0.1) is 11.5 Å². The summed E-state index contributed by atoms with van der Waals surface area (Å²) < 4.78 is 0. The molecule has 0 amide bonds. The smallest absolute Gasteiger partial charge is 0.210 e. The summed E-state index contributed by atoms with van der Waals surface area (Å²) in [5, 5.41) is 15.1. The van der Waals surface area contributed by atoms with E-state index in [0.717, 1.165) is 30.5 Å². The minimum absolute atomic E-state index is 0.0530. The molecule has 0 saturated heterocycles. The van der Waals surface area contributed by atoms with Gasteiger partial charge in [0.1, 0.15) is 6.04 Å². The molecule has 1 aliphatic carbocycles. The number of guanidine groups is 1. The Hall–Kier alpha value is -3.32. The van der Waals surface area contributed by atoms with Crippen LogP contribution in [0.2, 0.25) is 0 Å². The number of nitrogens with zero attached hydrogens (tertiary/aromatic N) is 2. The van der Waals surface area contributed by atoms with Gasteiger partial charge in [0.15, 0.2) is 6.19 Å². The molecular weight excluding hydrogens is 320 g/mol. The van der Waals surface area contributed by atoms with E-state index in [1.54, 1.807) is 0 Å². The van der Waals surface area contributed by atoms with Gasteiger partial charge in [0.25, 0.3) is 0 Å². The van der Waals surface area contributed by atoms with Crippen molar-refractivity contribution in [2.24, 2.45) is 4.99 Å². The van der Waals surface area contributed by atoms with E-state index in [9.17, 15) is 0 Å². The molecule has 4 heteroatoms. The van der Waals surface area contributed by atoms with Crippen LogP contribution in [0.15, 0.2) is 82.5 Å². The number of aliphatic imine (C=N–C) groups is 1. The van der Waals surface area contributed by atoms with Crippen LogP contribution in [-0.4, -0.2) is 5.96 Å². The van der Waals surface area contributed by atoms with Crippen molar-refractivity contribution < 1.29 is 0 Å². The van der Waals surface area contributed by atoms with Crippen LogP contribution in [0.5, 0.6) is 0 Å². The second kappa shape index (κ2) is 7.28. The highest BCUT2D eigenvalue weighted by molar-refractivity contribution is 5.86. The molecule has 2 aliphatic rings. The molecule has 2 aromatic carbocycles. The van der Waals surface area contributed by atoms with E-state index in [0.29, 0.717) is 5.96 Å². The van der Waals surface area contributed by atoms with E-state index >= 15 is 0 Å². The van der Waals surface area contributed by atoms with Crippen molar-refractivity contribution in [2.45, 2.75) is 25.3 Å². The van der Waals surface area contributed by atoms with Gasteiger partial charge in [-0.2, -0.15) is 5.26 Å². The Balaban J connectivity index is 1.78. The van der Waals surface area contributed by atoms with Gasteiger partial charge in [0.2, 0.25) is 5.96 Å². The van der Waals surface area contributed by atoms with Crippen LogP contribution >= 0.6 is 0 Å². The van der Waals surface area contributed by atoms with Crippen LogP contribution in [0.25, 0.3) is 6.08 Å². The van der Waals surface area contributed by atoms with Crippen molar-refractivity contribution in [1.29, 1.82) is 5.26 Å². The summed E-state index contributed by atoms with van der Waals surface area (Å²) in [4.78, 5) is 4.75. The lowest BCUT2D eigenvalue weighted by atomic mass is 9.84. The molecule has 1 heterocycles. The summed E-state index contributed by atoms with van der Waals surface area (Å²) in [6.07, 6.45) is 7.36. The molecule has 0 bridgehead atoms. The highest BCUT2D eigenvalue weighted by Gasteiger charge is 2.29.